The van der Waals surface area contributed by atoms with E-state index in [0.717, 1.165) is 15.3 Å². The fourth-order valence-corrected chi connectivity index (χ4v) is 2.87. The lowest BCUT2D eigenvalue weighted by Gasteiger charge is -2.27. The molecule has 3 heterocycles. The van der Waals surface area contributed by atoms with E-state index in [9.17, 15) is 13.2 Å². The lowest BCUT2D eigenvalue weighted by molar-refractivity contribution is -0.148. The van der Waals surface area contributed by atoms with Crippen molar-refractivity contribution in [3.05, 3.63) is 27.7 Å². The first-order valence-corrected chi connectivity index (χ1v) is 6.94. The lowest BCUT2D eigenvalue weighted by Crippen LogP contribution is -2.35. The van der Waals surface area contributed by atoms with Crippen molar-refractivity contribution in [2.45, 2.75) is 32.7 Å². The van der Waals surface area contributed by atoms with Crippen molar-refractivity contribution >= 4 is 11.3 Å². The highest BCUT2D eigenvalue weighted by Crippen LogP contribution is 2.29. The zero-order valence-corrected chi connectivity index (χ0v) is 11.5. The topological polar surface area (TPSA) is 46.8 Å². The Morgan fingerprint density at radius 1 is 1.30 bits per heavy atom. The van der Waals surface area contributed by atoms with Crippen LogP contribution in [0.1, 0.15) is 22.4 Å². The van der Waals surface area contributed by atoms with Gasteiger partial charge < -0.3 is 4.57 Å². The van der Waals surface area contributed by atoms with Crippen molar-refractivity contribution in [1.82, 2.24) is 24.6 Å². The van der Waals surface area contributed by atoms with Gasteiger partial charge in [0.1, 0.15) is 5.82 Å². The molecule has 0 N–H and O–H groups in total. The van der Waals surface area contributed by atoms with E-state index in [0.29, 0.717) is 25.5 Å². The predicted octanol–water partition coefficient (Wildman–Crippen LogP) is 2.08. The summed E-state index contributed by atoms with van der Waals surface area (Å²) in [5.41, 5.74) is 0.941. The SMILES string of the molecule is Cc1nc(CN2CCn3c(nnc3C(F)(F)F)C2)cs1. The van der Waals surface area contributed by atoms with Crippen molar-refractivity contribution < 1.29 is 13.2 Å². The molecule has 0 saturated carbocycles. The highest BCUT2D eigenvalue weighted by atomic mass is 32.1. The summed E-state index contributed by atoms with van der Waals surface area (Å²) in [5.74, 6) is -0.549. The van der Waals surface area contributed by atoms with Crippen LogP contribution in [0.3, 0.4) is 0 Å². The van der Waals surface area contributed by atoms with Gasteiger partial charge in [-0.05, 0) is 6.92 Å². The standard InChI is InChI=1S/C11H12F3N5S/c1-7-15-8(6-20-7)4-18-2-3-19-9(5-18)16-17-10(19)11(12,13)14/h6H,2-5H2,1H3. The molecule has 2 aromatic rings. The molecule has 5 nitrogen and oxygen atoms in total. The number of fused-ring (bicyclic) bond motifs is 1. The summed E-state index contributed by atoms with van der Waals surface area (Å²) in [6.07, 6.45) is -4.44. The molecular weight excluding hydrogens is 291 g/mol. The second-order valence-electron chi connectivity index (χ2n) is 4.66. The first-order valence-electron chi connectivity index (χ1n) is 6.06. The van der Waals surface area contributed by atoms with Crippen LogP contribution in [0.4, 0.5) is 13.2 Å². The Morgan fingerprint density at radius 3 is 2.75 bits per heavy atom. The zero-order valence-electron chi connectivity index (χ0n) is 10.7. The molecule has 0 unspecified atom stereocenters. The maximum absolute atomic E-state index is 12.7. The molecular formula is C11H12F3N5S. The van der Waals surface area contributed by atoms with E-state index in [4.69, 9.17) is 0 Å². The van der Waals surface area contributed by atoms with Gasteiger partial charge in [0, 0.05) is 25.0 Å². The maximum atomic E-state index is 12.7. The minimum atomic E-state index is -4.44. The van der Waals surface area contributed by atoms with Gasteiger partial charge in [0.2, 0.25) is 5.82 Å². The van der Waals surface area contributed by atoms with Gasteiger partial charge in [-0.25, -0.2) is 4.98 Å². The maximum Gasteiger partial charge on any atom is 0.451 e. The van der Waals surface area contributed by atoms with Crippen LogP contribution in [0, 0.1) is 6.92 Å². The van der Waals surface area contributed by atoms with E-state index in [2.05, 4.69) is 15.2 Å². The van der Waals surface area contributed by atoms with Crippen LogP contribution < -0.4 is 0 Å². The second kappa shape index (κ2) is 4.81. The Hall–Kier alpha value is -1.48. The minimum absolute atomic E-state index is 0.250. The van der Waals surface area contributed by atoms with Crippen LogP contribution >= 0.6 is 11.3 Å². The Bertz CT molecular complexity index is 618. The average Bonchev–Trinajstić information content (AvgIpc) is 2.94. The lowest BCUT2D eigenvalue weighted by atomic mass is 10.3. The molecule has 1 aliphatic rings. The quantitative estimate of drug-likeness (QED) is 0.852. The van der Waals surface area contributed by atoms with Crippen LogP contribution in [0.15, 0.2) is 5.38 Å². The average molecular weight is 303 g/mol. The van der Waals surface area contributed by atoms with Gasteiger partial charge in [-0.2, -0.15) is 13.2 Å². The molecule has 0 aliphatic carbocycles. The van der Waals surface area contributed by atoms with E-state index in [-0.39, 0.29) is 6.54 Å². The molecule has 0 radical (unpaired) electrons. The van der Waals surface area contributed by atoms with Crippen LogP contribution in [-0.2, 0) is 25.8 Å². The van der Waals surface area contributed by atoms with Crippen LogP contribution in [-0.4, -0.2) is 31.2 Å². The van der Waals surface area contributed by atoms with Crippen molar-refractivity contribution in [2.24, 2.45) is 0 Å². The van der Waals surface area contributed by atoms with Crippen LogP contribution in [0.5, 0.6) is 0 Å². The van der Waals surface area contributed by atoms with E-state index in [1.165, 1.54) is 0 Å². The third-order valence-electron chi connectivity index (χ3n) is 3.14. The molecule has 0 atom stereocenters. The molecule has 0 aromatic carbocycles. The van der Waals surface area contributed by atoms with Crippen molar-refractivity contribution in [1.29, 1.82) is 0 Å². The monoisotopic (exact) mass is 303 g/mol. The fourth-order valence-electron chi connectivity index (χ4n) is 2.26. The summed E-state index contributed by atoms with van der Waals surface area (Å²) in [5, 5.41) is 9.87. The smallest absolute Gasteiger partial charge is 0.305 e. The van der Waals surface area contributed by atoms with E-state index in [1.807, 2.05) is 17.2 Å². The van der Waals surface area contributed by atoms with Crippen LogP contribution in [0.2, 0.25) is 0 Å². The van der Waals surface area contributed by atoms with Crippen molar-refractivity contribution in [2.75, 3.05) is 6.54 Å². The van der Waals surface area contributed by atoms with Gasteiger partial charge >= 0.3 is 6.18 Å². The fraction of sp³-hybridized carbons (Fsp3) is 0.545. The van der Waals surface area contributed by atoms with Gasteiger partial charge in [0.15, 0.2) is 0 Å². The van der Waals surface area contributed by atoms with Crippen molar-refractivity contribution in [3.8, 4) is 0 Å². The Balaban J connectivity index is 1.75. The summed E-state index contributed by atoms with van der Waals surface area (Å²) in [6.45, 7) is 3.69. The minimum Gasteiger partial charge on any atom is -0.305 e. The Kier molecular flexibility index (Phi) is 3.25. The van der Waals surface area contributed by atoms with Gasteiger partial charge in [0.25, 0.3) is 0 Å². The summed E-state index contributed by atoms with van der Waals surface area (Å²) in [4.78, 5) is 6.39. The molecule has 108 valence electrons. The third kappa shape index (κ3) is 2.55. The van der Waals surface area contributed by atoms with Crippen molar-refractivity contribution in [3.63, 3.8) is 0 Å². The summed E-state index contributed by atoms with van der Waals surface area (Å²) in [7, 11) is 0. The first kappa shape index (κ1) is 13.5. The molecule has 0 bridgehead atoms. The normalized spacial score (nSPS) is 16.4. The number of rotatable bonds is 2. The number of hydrogen-bond acceptors (Lipinski definition) is 5. The largest absolute Gasteiger partial charge is 0.451 e. The molecule has 1 aliphatic heterocycles. The predicted molar refractivity (Wildman–Crippen MR) is 66.0 cm³/mol. The molecule has 3 rings (SSSR count). The zero-order chi connectivity index (χ0) is 14.3. The van der Waals surface area contributed by atoms with Gasteiger partial charge in [-0.3, -0.25) is 4.90 Å². The van der Waals surface area contributed by atoms with E-state index >= 15 is 0 Å². The number of aromatic nitrogens is 4. The summed E-state index contributed by atoms with van der Waals surface area (Å²) < 4.78 is 39.3. The molecule has 2 aromatic heterocycles. The van der Waals surface area contributed by atoms with E-state index < -0.39 is 12.0 Å². The summed E-state index contributed by atoms with van der Waals surface area (Å²) in [6, 6.07) is 0. The number of nitrogens with zero attached hydrogens (tertiary/aromatic N) is 5. The third-order valence-corrected chi connectivity index (χ3v) is 3.96. The Morgan fingerprint density at radius 2 is 2.10 bits per heavy atom. The molecule has 0 fully saturated rings. The van der Waals surface area contributed by atoms with E-state index in [1.54, 1.807) is 11.3 Å². The second-order valence-corrected chi connectivity index (χ2v) is 5.72. The highest BCUT2D eigenvalue weighted by Gasteiger charge is 2.39. The molecule has 20 heavy (non-hydrogen) atoms. The number of halogens is 3. The molecule has 9 heteroatoms. The van der Waals surface area contributed by atoms with Gasteiger partial charge in [0.05, 0.1) is 17.2 Å². The number of alkyl halides is 3. The highest BCUT2D eigenvalue weighted by molar-refractivity contribution is 7.09. The Labute approximate surface area is 117 Å². The number of aryl methyl sites for hydroxylation is 1. The van der Waals surface area contributed by atoms with Gasteiger partial charge in [-0.1, -0.05) is 0 Å². The number of thiazole rings is 1. The molecule has 0 spiro atoms. The van der Waals surface area contributed by atoms with Gasteiger partial charge in [-0.15, -0.1) is 21.5 Å². The molecule has 0 saturated heterocycles. The number of hydrogen-bond donors (Lipinski definition) is 0. The summed E-state index contributed by atoms with van der Waals surface area (Å²) >= 11 is 1.57. The molecule has 0 amide bonds. The first-order chi connectivity index (χ1) is 9.43. The van der Waals surface area contributed by atoms with Crippen LogP contribution in [0.25, 0.3) is 0 Å².